The van der Waals surface area contributed by atoms with Crippen molar-refractivity contribution >= 4 is 6.09 Å². The summed E-state index contributed by atoms with van der Waals surface area (Å²) in [5.74, 6) is 5.68. The Bertz CT molecular complexity index is 783. The van der Waals surface area contributed by atoms with Crippen molar-refractivity contribution in [1.82, 2.24) is 10.3 Å². The maximum Gasteiger partial charge on any atom is 0.408 e. The highest BCUT2D eigenvalue weighted by Crippen LogP contribution is 2.05. The molecule has 1 heterocycles. The first kappa shape index (κ1) is 16.1. The Hall–Kier alpha value is -3.31. The lowest BCUT2D eigenvalue weighted by molar-refractivity contribution is 0.141. The van der Waals surface area contributed by atoms with Gasteiger partial charge < -0.3 is 10.1 Å². The summed E-state index contributed by atoms with van der Waals surface area (Å²) in [6.45, 7) is 2.20. The van der Waals surface area contributed by atoms with Crippen LogP contribution in [0.1, 0.15) is 22.4 Å². The van der Waals surface area contributed by atoms with E-state index >= 15 is 0 Å². The molecule has 0 fully saturated rings. The maximum absolute atomic E-state index is 11.5. The number of nitrogens with zero attached hydrogens (tertiary/aromatic N) is 2. The zero-order valence-electron chi connectivity index (χ0n) is 12.7. The van der Waals surface area contributed by atoms with Crippen molar-refractivity contribution < 1.29 is 9.53 Å². The average molecular weight is 305 g/mol. The lowest BCUT2D eigenvalue weighted by atomic mass is 10.1. The van der Waals surface area contributed by atoms with Gasteiger partial charge in [-0.3, -0.25) is 0 Å². The first-order valence-electron chi connectivity index (χ1n) is 6.99. The molecule has 1 aromatic heterocycles. The Morgan fingerprint density at radius 3 is 2.83 bits per heavy atom. The smallest absolute Gasteiger partial charge is 0.408 e. The van der Waals surface area contributed by atoms with E-state index in [-0.39, 0.29) is 13.2 Å². The van der Waals surface area contributed by atoms with E-state index in [1.165, 1.54) is 6.20 Å². The monoisotopic (exact) mass is 305 g/mol. The number of benzene rings is 1. The molecular formula is C18H15N3O2. The summed E-state index contributed by atoms with van der Waals surface area (Å²) in [4.78, 5) is 15.5. The number of hydrogen-bond donors (Lipinski definition) is 1. The minimum atomic E-state index is -0.516. The van der Waals surface area contributed by atoms with Gasteiger partial charge in [-0.15, -0.1) is 0 Å². The van der Waals surface area contributed by atoms with Crippen molar-refractivity contribution in [3.63, 3.8) is 0 Å². The zero-order chi connectivity index (χ0) is 16.5. The van der Waals surface area contributed by atoms with Crippen molar-refractivity contribution in [2.24, 2.45) is 0 Å². The highest BCUT2D eigenvalue weighted by atomic mass is 16.5. The van der Waals surface area contributed by atoms with Crippen LogP contribution in [0, 0.1) is 30.1 Å². The van der Waals surface area contributed by atoms with Crippen molar-refractivity contribution in [2.75, 3.05) is 6.54 Å². The van der Waals surface area contributed by atoms with Gasteiger partial charge in [-0.2, -0.15) is 5.26 Å². The minimum Gasteiger partial charge on any atom is -0.445 e. The van der Waals surface area contributed by atoms with E-state index in [0.29, 0.717) is 11.3 Å². The Balaban J connectivity index is 1.78. The first-order chi connectivity index (χ1) is 11.2. The van der Waals surface area contributed by atoms with Crippen LogP contribution in [0.5, 0.6) is 0 Å². The van der Waals surface area contributed by atoms with Gasteiger partial charge >= 0.3 is 6.09 Å². The topological polar surface area (TPSA) is 75.0 Å². The molecular weight excluding hydrogens is 290 g/mol. The highest BCUT2D eigenvalue weighted by molar-refractivity contribution is 5.67. The number of nitrogens with one attached hydrogen (secondary N) is 1. The van der Waals surface area contributed by atoms with E-state index < -0.39 is 6.09 Å². The van der Waals surface area contributed by atoms with E-state index in [2.05, 4.69) is 22.1 Å². The summed E-state index contributed by atoms with van der Waals surface area (Å²) < 4.78 is 5.06. The van der Waals surface area contributed by atoms with Gasteiger partial charge in [-0.25, -0.2) is 9.78 Å². The fraction of sp³-hybridized carbons (Fsp3) is 0.167. The van der Waals surface area contributed by atoms with Gasteiger partial charge in [0, 0.05) is 11.8 Å². The van der Waals surface area contributed by atoms with Crippen molar-refractivity contribution in [1.29, 1.82) is 5.26 Å². The number of aryl methyl sites for hydroxylation is 1. The predicted octanol–water partition coefficient (Wildman–Crippen LogP) is 2.54. The summed E-state index contributed by atoms with van der Waals surface area (Å²) in [6, 6.07) is 13.2. The summed E-state index contributed by atoms with van der Waals surface area (Å²) in [5.41, 5.74) is 2.78. The van der Waals surface area contributed by atoms with Crippen LogP contribution >= 0.6 is 0 Å². The normalized spacial score (nSPS) is 9.22. The largest absolute Gasteiger partial charge is 0.445 e. The summed E-state index contributed by atoms with van der Waals surface area (Å²) >= 11 is 0. The molecule has 1 aromatic carbocycles. The number of carbonyl (C=O) groups is 1. The van der Waals surface area contributed by atoms with Crippen LogP contribution in [0.2, 0.25) is 0 Å². The molecule has 0 unspecified atom stereocenters. The highest BCUT2D eigenvalue weighted by Gasteiger charge is 2.01. The summed E-state index contributed by atoms with van der Waals surface area (Å²) in [7, 11) is 0. The number of pyridine rings is 1. The third kappa shape index (κ3) is 5.18. The lowest BCUT2D eigenvalue weighted by Gasteiger charge is -2.04. The van der Waals surface area contributed by atoms with E-state index in [1.54, 1.807) is 13.0 Å². The molecule has 0 atom stereocenters. The van der Waals surface area contributed by atoms with Crippen LogP contribution in [0.25, 0.3) is 0 Å². The number of nitriles is 1. The van der Waals surface area contributed by atoms with E-state index in [0.717, 1.165) is 11.1 Å². The Kier molecular flexibility index (Phi) is 5.74. The molecule has 0 saturated heterocycles. The third-order valence-corrected chi connectivity index (χ3v) is 2.95. The average Bonchev–Trinajstić information content (AvgIpc) is 2.58. The Labute approximate surface area is 134 Å². The van der Waals surface area contributed by atoms with Crippen LogP contribution in [-0.2, 0) is 11.3 Å². The molecule has 1 N–H and O–H groups in total. The molecule has 0 spiro atoms. The van der Waals surface area contributed by atoms with Crippen LogP contribution in [0.4, 0.5) is 4.79 Å². The SMILES string of the molecule is Cc1cc(C#CCNC(=O)OCc2ccccc2)cnc1C#N. The maximum atomic E-state index is 11.5. The van der Waals surface area contributed by atoms with Crippen LogP contribution in [0.15, 0.2) is 42.6 Å². The molecule has 0 radical (unpaired) electrons. The van der Waals surface area contributed by atoms with Crippen LogP contribution in [0.3, 0.4) is 0 Å². The Morgan fingerprint density at radius 2 is 2.13 bits per heavy atom. The van der Waals surface area contributed by atoms with E-state index in [4.69, 9.17) is 10.00 Å². The van der Waals surface area contributed by atoms with Gasteiger partial charge in [0.15, 0.2) is 0 Å². The van der Waals surface area contributed by atoms with Crippen LogP contribution in [-0.4, -0.2) is 17.6 Å². The van der Waals surface area contributed by atoms with Gasteiger partial charge in [-0.05, 0) is 24.1 Å². The number of amides is 1. The molecule has 0 bridgehead atoms. The fourth-order valence-corrected chi connectivity index (χ4v) is 1.80. The zero-order valence-corrected chi connectivity index (χ0v) is 12.7. The summed E-state index contributed by atoms with van der Waals surface area (Å²) in [5, 5.41) is 11.4. The molecule has 2 rings (SSSR count). The summed E-state index contributed by atoms with van der Waals surface area (Å²) in [6.07, 6.45) is 1.02. The van der Waals surface area contributed by atoms with Crippen molar-refractivity contribution in [3.8, 4) is 17.9 Å². The second-order valence-electron chi connectivity index (χ2n) is 4.72. The number of alkyl carbamates (subject to hydrolysis) is 1. The quantitative estimate of drug-likeness (QED) is 0.884. The lowest BCUT2D eigenvalue weighted by Crippen LogP contribution is -2.24. The minimum absolute atomic E-state index is 0.173. The van der Waals surface area contributed by atoms with E-state index in [9.17, 15) is 4.79 Å². The molecule has 5 nitrogen and oxygen atoms in total. The number of carbonyl (C=O) groups excluding carboxylic acids is 1. The van der Waals surface area contributed by atoms with Gasteiger partial charge in [-0.1, -0.05) is 42.2 Å². The number of ether oxygens (including phenoxy) is 1. The first-order valence-corrected chi connectivity index (χ1v) is 6.99. The standard InChI is InChI=1S/C18H15N3O2/c1-14-10-16(12-21-17(14)11-19)8-5-9-20-18(22)23-13-15-6-3-2-4-7-15/h2-4,6-7,10,12H,9,13H2,1H3,(H,20,22). The third-order valence-electron chi connectivity index (χ3n) is 2.95. The molecule has 0 aliphatic rings. The van der Waals surface area contributed by atoms with Gasteiger partial charge in [0.1, 0.15) is 18.4 Å². The van der Waals surface area contributed by atoms with Crippen molar-refractivity contribution in [2.45, 2.75) is 13.5 Å². The molecule has 0 saturated carbocycles. The molecule has 114 valence electrons. The molecule has 23 heavy (non-hydrogen) atoms. The molecule has 1 amide bonds. The second-order valence-corrected chi connectivity index (χ2v) is 4.72. The predicted molar refractivity (Wildman–Crippen MR) is 85.2 cm³/mol. The Morgan fingerprint density at radius 1 is 1.35 bits per heavy atom. The fourth-order valence-electron chi connectivity index (χ4n) is 1.80. The molecule has 0 aliphatic heterocycles. The van der Waals surface area contributed by atoms with E-state index in [1.807, 2.05) is 36.4 Å². The van der Waals surface area contributed by atoms with Crippen LogP contribution < -0.4 is 5.32 Å². The number of hydrogen-bond acceptors (Lipinski definition) is 4. The van der Waals surface area contributed by atoms with Gasteiger partial charge in [0.25, 0.3) is 0 Å². The van der Waals surface area contributed by atoms with Crippen molar-refractivity contribution in [3.05, 3.63) is 65.0 Å². The molecule has 0 aliphatic carbocycles. The van der Waals surface area contributed by atoms with Gasteiger partial charge in [0.05, 0.1) is 6.54 Å². The molecule has 5 heteroatoms. The molecule has 2 aromatic rings. The van der Waals surface area contributed by atoms with Gasteiger partial charge in [0.2, 0.25) is 0 Å². The number of rotatable bonds is 3. The number of aromatic nitrogens is 1. The second kappa shape index (κ2) is 8.21.